The van der Waals surface area contributed by atoms with Crippen LogP contribution in [0, 0.1) is 6.92 Å². The standard InChI is InChI=1S/C12H11Cl2NO2S2/c1-3-19(16,17)10-5-4-8(11(13)12(10)14)9-6-18-7(2)15-9/h4-6H,3H2,1-2H3. The Morgan fingerprint density at radius 1 is 1.26 bits per heavy atom. The Bertz CT molecular complexity index is 723. The number of hydrogen-bond donors (Lipinski definition) is 0. The van der Waals surface area contributed by atoms with Gasteiger partial charge >= 0.3 is 0 Å². The van der Waals surface area contributed by atoms with E-state index in [4.69, 9.17) is 23.2 Å². The molecule has 1 heterocycles. The van der Waals surface area contributed by atoms with Gasteiger partial charge in [-0.2, -0.15) is 0 Å². The highest BCUT2D eigenvalue weighted by Crippen LogP contribution is 2.38. The van der Waals surface area contributed by atoms with Crippen LogP contribution in [0.4, 0.5) is 0 Å². The number of aromatic nitrogens is 1. The molecular weight excluding hydrogens is 325 g/mol. The van der Waals surface area contributed by atoms with Crippen molar-refractivity contribution in [3.05, 3.63) is 32.6 Å². The van der Waals surface area contributed by atoms with E-state index in [1.807, 2.05) is 12.3 Å². The van der Waals surface area contributed by atoms with Gasteiger partial charge in [0.25, 0.3) is 0 Å². The summed E-state index contributed by atoms with van der Waals surface area (Å²) in [6.45, 7) is 3.46. The van der Waals surface area contributed by atoms with Crippen molar-refractivity contribution in [3.63, 3.8) is 0 Å². The predicted molar refractivity (Wildman–Crippen MR) is 80.0 cm³/mol. The molecule has 1 aromatic heterocycles. The van der Waals surface area contributed by atoms with Crippen molar-refractivity contribution < 1.29 is 8.42 Å². The second-order valence-electron chi connectivity index (χ2n) is 3.89. The second-order valence-corrected chi connectivity index (χ2v) is 7.96. The summed E-state index contributed by atoms with van der Waals surface area (Å²) < 4.78 is 23.7. The zero-order valence-electron chi connectivity index (χ0n) is 10.3. The van der Waals surface area contributed by atoms with E-state index in [0.29, 0.717) is 11.3 Å². The van der Waals surface area contributed by atoms with E-state index in [1.54, 1.807) is 13.0 Å². The van der Waals surface area contributed by atoms with Crippen molar-refractivity contribution >= 4 is 44.4 Å². The smallest absolute Gasteiger partial charge is 0.179 e. The molecule has 0 bridgehead atoms. The SMILES string of the molecule is CCS(=O)(=O)c1ccc(-c2csc(C)n2)c(Cl)c1Cl. The predicted octanol–water partition coefficient (Wildman–Crippen LogP) is 4.22. The molecule has 0 atom stereocenters. The molecular formula is C12H11Cl2NO2S2. The van der Waals surface area contributed by atoms with Crippen molar-refractivity contribution in [2.45, 2.75) is 18.7 Å². The van der Waals surface area contributed by atoms with Gasteiger partial charge in [-0.25, -0.2) is 13.4 Å². The van der Waals surface area contributed by atoms with E-state index in [2.05, 4.69) is 4.98 Å². The third-order valence-electron chi connectivity index (χ3n) is 2.66. The molecule has 102 valence electrons. The molecule has 0 aliphatic carbocycles. The summed E-state index contributed by atoms with van der Waals surface area (Å²) in [7, 11) is -3.38. The summed E-state index contributed by atoms with van der Waals surface area (Å²) in [6, 6.07) is 3.13. The number of thiazole rings is 1. The molecule has 7 heteroatoms. The lowest BCUT2D eigenvalue weighted by Gasteiger charge is -2.09. The molecule has 0 spiro atoms. The van der Waals surface area contributed by atoms with E-state index in [9.17, 15) is 8.42 Å². The van der Waals surface area contributed by atoms with Crippen LogP contribution in [-0.4, -0.2) is 19.2 Å². The van der Waals surface area contributed by atoms with Crippen LogP contribution in [0.15, 0.2) is 22.4 Å². The molecule has 0 N–H and O–H groups in total. The molecule has 0 fully saturated rings. The maximum Gasteiger partial charge on any atom is 0.179 e. The average Bonchev–Trinajstić information content (AvgIpc) is 2.78. The van der Waals surface area contributed by atoms with Gasteiger partial charge in [0.2, 0.25) is 0 Å². The highest BCUT2D eigenvalue weighted by Gasteiger charge is 2.20. The maximum atomic E-state index is 11.9. The highest BCUT2D eigenvalue weighted by atomic mass is 35.5. The second kappa shape index (κ2) is 5.40. The molecule has 0 aliphatic rings. The summed E-state index contributed by atoms with van der Waals surface area (Å²) in [5, 5.41) is 3.06. The van der Waals surface area contributed by atoms with Crippen LogP contribution in [0.2, 0.25) is 10.0 Å². The van der Waals surface area contributed by atoms with Gasteiger partial charge in [0, 0.05) is 10.9 Å². The topological polar surface area (TPSA) is 47.0 Å². The Hall–Kier alpha value is -0.620. The Morgan fingerprint density at radius 2 is 1.95 bits per heavy atom. The molecule has 1 aromatic carbocycles. The normalized spacial score (nSPS) is 11.8. The number of rotatable bonds is 3. The Morgan fingerprint density at radius 3 is 2.47 bits per heavy atom. The lowest BCUT2D eigenvalue weighted by molar-refractivity contribution is 0.597. The number of sulfone groups is 1. The fourth-order valence-corrected chi connectivity index (χ4v) is 4.02. The van der Waals surface area contributed by atoms with Crippen LogP contribution in [0.1, 0.15) is 11.9 Å². The van der Waals surface area contributed by atoms with Crippen LogP contribution in [0.5, 0.6) is 0 Å². The molecule has 19 heavy (non-hydrogen) atoms. The molecule has 2 aromatic rings. The van der Waals surface area contributed by atoms with Gasteiger partial charge in [-0.15, -0.1) is 11.3 Å². The minimum Gasteiger partial charge on any atom is -0.241 e. The quantitative estimate of drug-likeness (QED) is 0.843. The lowest BCUT2D eigenvalue weighted by Crippen LogP contribution is -2.04. The molecule has 2 rings (SSSR count). The van der Waals surface area contributed by atoms with E-state index < -0.39 is 9.84 Å². The molecule has 0 unspecified atom stereocenters. The molecule has 0 saturated carbocycles. The largest absolute Gasteiger partial charge is 0.241 e. The molecule has 3 nitrogen and oxygen atoms in total. The summed E-state index contributed by atoms with van der Waals surface area (Å²) in [4.78, 5) is 4.39. The van der Waals surface area contributed by atoms with Crippen LogP contribution >= 0.6 is 34.5 Å². The first kappa shape index (κ1) is 14.8. The summed E-state index contributed by atoms with van der Waals surface area (Å²) >= 11 is 13.8. The minimum atomic E-state index is -3.38. The van der Waals surface area contributed by atoms with Crippen LogP contribution in [0.25, 0.3) is 11.3 Å². The van der Waals surface area contributed by atoms with Crippen LogP contribution in [-0.2, 0) is 9.84 Å². The Kier molecular flexibility index (Phi) is 4.20. The van der Waals surface area contributed by atoms with Crippen molar-refractivity contribution in [3.8, 4) is 11.3 Å². The fraction of sp³-hybridized carbons (Fsp3) is 0.250. The Labute approximate surface area is 126 Å². The number of halogens is 2. The number of aryl methyl sites for hydroxylation is 1. The monoisotopic (exact) mass is 335 g/mol. The first-order valence-corrected chi connectivity index (χ1v) is 8.79. The van der Waals surface area contributed by atoms with Gasteiger partial charge in [-0.1, -0.05) is 30.1 Å². The van der Waals surface area contributed by atoms with Gasteiger partial charge in [0.1, 0.15) is 0 Å². The number of nitrogens with zero attached hydrogens (tertiary/aromatic N) is 1. The molecule has 0 saturated heterocycles. The molecule has 0 radical (unpaired) electrons. The fourth-order valence-electron chi connectivity index (χ4n) is 1.61. The van der Waals surface area contributed by atoms with E-state index >= 15 is 0 Å². The van der Waals surface area contributed by atoms with Gasteiger partial charge < -0.3 is 0 Å². The van der Waals surface area contributed by atoms with Crippen LogP contribution < -0.4 is 0 Å². The summed E-state index contributed by atoms with van der Waals surface area (Å²) in [6.07, 6.45) is 0. The zero-order valence-corrected chi connectivity index (χ0v) is 13.4. The van der Waals surface area contributed by atoms with E-state index in [-0.39, 0.29) is 20.7 Å². The summed E-state index contributed by atoms with van der Waals surface area (Å²) in [5.41, 5.74) is 1.35. The molecule has 0 aliphatic heterocycles. The first-order valence-electron chi connectivity index (χ1n) is 5.50. The third kappa shape index (κ3) is 2.79. The van der Waals surface area contributed by atoms with Crippen molar-refractivity contribution in [2.24, 2.45) is 0 Å². The Balaban J connectivity index is 2.62. The highest BCUT2D eigenvalue weighted by molar-refractivity contribution is 7.91. The van der Waals surface area contributed by atoms with Crippen molar-refractivity contribution in [1.29, 1.82) is 0 Å². The number of benzene rings is 1. The molecule has 0 amide bonds. The van der Waals surface area contributed by atoms with Gasteiger partial charge in [0.15, 0.2) is 9.84 Å². The van der Waals surface area contributed by atoms with Gasteiger partial charge in [0.05, 0.1) is 31.4 Å². The van der Waals surface area contributed by atoms with Crippen LogP contribution in [0.3, 0.4) is 0 Å². The minimum absolute atomic E-state index is 0.0157. The number of hydrogen-bond acceptors (Lipinski definition) is 4. The van der Waals surface area contributed by atoms with Gasteiger partial charge in [-0.3, -0.25) is 0 Å². The van der Waals surface area contributed by atoms with E-state index in [0.717, 1.165) is 5.01 Å². The maximum absolute atomic E-state index is 11.9. The average molecular weight is 336 g/mol. The van der Waals surface area contributed by atoms with Gasteiger partial charge in [-0.05, 0) is 19.1 Å². The van der Waals surface area contributed by atoms with Crippen molar-refractivity contribution in [2.75, 3.05) is 5.75 Å². The third-order valence-corrected chi connectivity index (χ3v) is 6.19. The lowest BCUT2D eigenvalue weighted by atomic mass is 10.2. The summed E-state index contributed by atoms with van der Waals surface area (Å²) in [5.74, 6) is -0.0157. The van der Waals surface area contributed by atoms with E-state index in [1.165, 1.54) is 17.4 Å². The first-order chi connectivity index (χ1) is 8.86. The van der Waals surface area contributed by atoms with Crippen molar-refractivity contribution in [1.82, 2.24) is 4.98 Å². The zero-order chi connectivity index (χ0) is 14.2.